The first kappa shape index (κ1) is 12.4. The van der Waals surface area contributed by atoms with Gasteiger partial charge in [-0.2, -0.15) is 4.98 Å². The highest BCUT2D eigenvalue weighted by molar-refractivity contribution is 5.78. The Kier molecular flexibility index (Phi) is 4.19. The highest BCUT2D eigenvalue weighted by Crippen LogP contribution is 2.07. The lowest BCUT2D eigenvalue weighted by Gasteiger charge is -2.08. The highest BCUT2D eigenvalue weighted by Gasteiger charge is 2.10. The molecule has 3 N–H and O–H groups in total. The van der Waals surface area contributed by atoms with Gasteiger partial charge in [-0.25, -0.2) is 4.79 Å². The number of nitrogens with one attached hydrogen (secondary N) is 2. The third kappa shape index (κ3) is 3.16. The van der Waals surface area contributed by atoms with Crippen molar-refractivity contribution in [3.63, 3.8) is 0 Å². The summed E-state index contributed by atoms with van der Waals surface area (Å²) in [5.41, 5.74) is 1.52. The number of aryl methyl sites for hydroxylation is 2. The molecule has 0 spiro atoms. The fraction of sp³-hybridized carbons (Fsp3) is 0.500. The van der Waals surface area contributed by atoms with Gasteiger partial charge >= 0.3 is 5.69 Å². The molecule has 1 aromatic heterocycles. The van der Waals surface area contributed by atoms with Crippen molar-refractivity contribution in [2.45, 2.75) is 20.3 Å². The van der Waals surface area contributed by atoms with Gasteiger partial charge in [-0.3, -0.25) is 4.79 Å². The van der Waals surface area contributed by atoms with E-state index < -0.39 is 5.69 Å². The number of aliphatic hydroxyl groups is 1. The lowest BCUT2D eigenvalue weighted by Crippen LogP contribution is -2.29. The first-order valence-electron chi connectivity index (χ1n) is 4.98. The SMILES string of the molecule is Cc1nc(=O)[nH]c(C)c1CC(=O)NCCO. The van der Waals surface area contributed by atoms with E-state index in [0.29, 0.717) is 11.4 Å². The van der Waals surface area contributed by atoms with Crippen molar-refractivity contribution in [2.24, 2.45) is 0 Å². The van der Waals surface area contributed by atoms with E-state index >= 15 is 0 Å². The number of rotatable bonds is 4. The summed E-state index contributed by atoms with van der Waals surface area (Å²) in [5, 5.41) is 11.1. The van der Waals surface area contributed by atoms with E-state index in [4.69, 9.17) is 5.11 Å². The van der Waals surface area contributed by atoms with E-state index in [1.165, 1.54) is 0 Å². The summed E-state index contributed by atoms with van der Waals surface area (Å²) < 4.78 is 0. The van der Waals surface area contributed by atoms with Crippen molar-refractivity contribution in [2.75, 3.05) is 13.2 Å². The number of carbonyl (C=O) groups is 1. The Balaban J connectivity index is 2.81. The van der Waals surface area contributed by atoms with Gasteiger partial charge in [0.25, 0.3) is 0 Å². The summed E-state index contributed by atoms with van der Waals surface area (Å²) in [7, 11) is 0. The smallest absolute Gasteiger partial charge is 0.345 e. The molecular formula is C10H15N3O3. The van der Waals surface area contributed by atoms with E-state index in [0.717, 1.165) is 5.56 Å². The first-order valence-corrected chi connectivity index (χ1v) is 4.98. The number of hydrogen-bond acceptors (Lipinski definition) is 4. The molecule has 0 aliphatic rings. The van der Waals surface area contributed by atoms with Crippen LogP contribution in [0.25, 0.3) is 0 Å². The molecule has 0 radical (unpaired) electrons. The molecule has 6 nitrogen and oxygen atoms in total. The van der Waals surface area contributed by atoms with Gasteiger partial charge in [0.1, 0.15) is 0 Å². The molecule has 0 saturated heterocycles. The zero-order chi connectivity index (χ0) is 12.1. The highest BCUT2D eigenvalue weighted by atomic mass is 16.3. The average molecular weight is 225 g/mol. The molecule has 0 aliphatic carbocycles. The van der Waals surface area contributed by atoms with Gasteiger partial charge in [-0.05, 0) is 13.8 Å². The van der Waals surface area contributed by atoms with Crippen LogP contribution in [0.3, 0.4) is 0 Å². The molecule has 88 valence electrons. The maximum absolute atomic E-state index is 11.4. The van der Waals surface area contributed by atoms with Crippen molar-refractivity contribution < 1.29 is 9.90 Å². The first-order chi connectivity index (χ1) is 7.54. The van der Waals surface area contributed by atoms with Crippen LogP contribution in [0.15, 0.2) is 4.79 Å². The maximum Gasteiger partial charge on any atom is 0.345 e. The fourth-order valence-corrected chi connectivity index (χ4v) is 1.43. The number of H-pyrrole nitrogens is 1. The summed E-state index contributed by atoms with van der Waals surface area (Å²) in [5.74, 6) is -0.200. The van der Waals surface area contributed by atoms with Crippen LogP contribution in [0.1, 0.15) is 17.0 Å². The van der Waals surface area contributed by atoms with Crippen LogP contribution in [-0.2, 0) is 11.2 Å². The van der Waals surface area contributed by atoms with Gasteiger partial charge in [0.15, 0.2) is 0 Å². The van der Waals surface area contributed by atoms with Crippen LogP contribution in [-0.4, -0.2) is 34.1 Å². The molecule has 0 aliphatic heterocycles. The molecule has 0 saturated carbocycles. The number of amides is 1. The zero-order valence-electron chi connectivity index (χ0n) is 9.33. The Morgan fingerprint density at radius 2 is 2.19 bits per heavy atom. The van der Waals surface area contributed by atoms with Crippen molar-refractivity contribution in [1.29, 1.82) is 0 Å². The van der Waals surface area contributed by atoms with Crippen LogP contribution in [0.2, 0.25) is 0 Å². The molecule has 0 aromatic carbocycles. The maximum atomic E-state index is 11.4. The lowest BCUT2D eigenvalue weighted by molar-refractivity contribution is -0.120. The summed E-state index contributed by atoms with van der Waals surface area (Å²) >= 11 is 0. The number of aromatic nitrogens is 2. The monoisotopic (exact) mass is 225 g/mol. The summed E-state index contributed by atoms with van der Waals surface area (Å²) in [6.07, 6.45) is 0.154. The van der Waals surface area contributed by atoms with Crippen LogP contribution >= 0.6 is 0 Å². The second-order valence-electron chi connectivity index (χ2n) is 3.48. The normalized spacial score (nSPS) is 10.2. The Bertz CT molecular complexity index is 413. The predicted molar refractivity (Wildman–Crippen MR) is 58.1 cm³/mol. The number of aromatic amines is 1. The van der Waals surface area contributed by atoms with Gasteiger partial charge < -0.3 is 15.4 Å². The van der Waals surface area contributed by atoms with Crippen molar-refractivity contribution in [1.82, 2.24) is 15.3 Å². The molecule has 0 atom stereocenters. The van der Waals surface area contributed by atoms with Crippen molar-refractivity contribution in [3.8, 4) is 0 Å². The zero-order valence-corrected chi connectivity index (χ0v) is 9.33. The molecule has 16 heavy (non-hydrogen) atoms. The molecule has 6 heteroatoms. The molecule has 1 rings (SSSR count). The molecule has 0 unspecified atom stereocenters. The quantitative estimate of drug-likeness (QED) is 0.615. The Hall–Kier alpha value is -1.69. The third-order valence-corrected chi connectivity index (χ3v) is 2.22. The molecule has 1 heterocycles. The Labute approximate surface area is 92.7 Å². The molecule has 0 fully saturated rings. The Morgan fingerprint density at radius 1 is 1.50 bits per heavy atom. The minimum Gasteiger partial charge on any atom is -0.395 e. The minimum atomic E-state index is -0.408. The molecular weight excluding hydrogens is 210 g/mol. The standard InChI is InChI=1S/C10H15N3O3/c1-6-8(5-9(15)11-3-4-14)7(2)13-10(16)12-6/h14H,3-5H2,1-2H3,(H,11,15)(H,12,13,16). The van der Waals surface area contributed by atoms with Gasteiger partial charge in [0.05, 0.1) is 13.0 Å². The third-order valence-electron chi connectivity index (χ3n) is 2.22. The van der Waals surface area contributed by atoms with E-state index in [9.17, 15) is 9.59 Å². The largest absolute Gasteiger partial charge is 0.395 e. The second-order valence-corrected chi connectivity index (χ2v) is 3.48. The van der Waals surface area contributed by atoms with E-state index in [1.54, 1.807) is 13.8 Å². The average Bonchev–Trinajstić information content (AvgIpc) is 2.20. The number of nitrogens with zero attached hydrogens (tertiary/aromatic N) is 1. The van der Waals surface area contributed by atoms with Crippen molar-refractivity contribution in [3.05, 3.63) is 27.4 Å². The number of carbonyl (C=O) groups excluding carboxylic acids is 1. The van der Waals surface area contributed by atoms with E-state index in [-0.39, 0.29) is 25.5 Å². The summed E-state index contributed by atoms with van der Waals surface area (Å²) in [6.45, 7) is 3.56. The van der Waals surface area contributed by atoms with E-state index in [2.05, 4.69) is 15.3 Å². The fourth-order valence-electron chi connectivity index (χ4n) is 1.43. The Morgan fingerprint density at radius 3 is 2.75 bits per heavy atom. The van der Waals surface area contributed by atoms with Gasteiger partial charge in [-0.1, -0.05) is 0 Å². The molecule has 1 aromatic rings. The molecule has 0 bridgehead atoms. The van der Waals surface area contributed by atoms with Crippen LogP contribution < -0.4 is 11.0 Å². The van der Waals surface area contributed by atoms with Gasteiger partial charge in [0.2, 0.25) is 5.91 Å². The summed E-state index contributed by atoms with van der Waals surface area (Å²) in [4.78, 5) is 28.7. The van der Waals surface area contributed by atoms with Crippen LogP contribution in [0, 0.1) is 13.8 Å². The predicted octanol–water partition coefficient (Wildman–Crippen LogP) is -0.962. The topological polar surface area (TPSA) is 95.1 Å². The van der Waals surface area contributed by atoms with Crippen LogP contribution in [0.4, 0.5) is 0 Å². The summed E-state index contributed by atoms with van der Waals surface area (Å²) in [6, 6.07) is 0. The van der Waals surface area contributed by atoms with Gasteiger partial charge in [-0.15, -0.1) is 0 Å². The molecule has 1 amide bonds. The minimum absolute atomic E-state index is 0.0897. The lowest BCUT2D eigenvalue weighted by atomic mass is 10.1. The van der Waals surface area contributed by atoms with Crippen LogP contribution in [0.5, 0.6) is 0 Å². The van der Waals surface area contributed by atoms with E-state index in [1.807, 2.05) is 0 Å². The number of hydrogen-bond donors (Lipinski definition) is 3. The number of aliphatic hydroxyl groups excluding tert-OH is 1. The van der Waals surface area contributed by atoms with Crippen molar-refractivity contribution >= 4 is 5.91 Å². The second kappa shape index (κ2) is 5.41. The van der Waals surface area contributed by atoms with Gasteiger partial charge in [0, 0.05) is 23.5 Å².